The molecule has 0 unspecified atom stereocenters. The molecule has 0 atom stereocenters. The van der Waals surface area contributed by atoms with Crippen molar-refractivity contribution >= 4 is 50.5 Å². The van der Waals surface area contributed by atoms with Crippen LogP contribution in [-0.2, 0) is 0 Å². The SMILES string of the molecule is COc1ccc(Br)cc1B1Nc2cccc3cccc(c23)N1. The van der Waals surface area contributed by atoms with E-state index in [0.29, 0.717) is 0 Å². The Morgan fingerprint density at radius 1 is 0.955 bits per heavy atom. The second-order valence-electron chi connectivity index (χ2n) is 5.32. The first-order chi connectivity index (χ1) is 10.8. The molecule has 3 nitrogen and oxygen atoms in total. The third-order valence-electron chi connectivity index (χ3n) is 4.01. The number of benzene rings is 3. The molecule has 0 spiro atoms. The van der Waals surface area contributed by atoms with Gasteiger partial charge in [-0.3, -0.25) is 0 Å². The third kappa shape index (κ3) is 2.13. The standard InChI is InChI=1S/C17H14BBrN2O/c1-22-16-9-8-12(19)10-13(16)18-20-14-6-2-4-11-5-3-7-15(21-18)17(11)14/h2-10,20-21H,1H3. The van der Waals surface area contributed by atoms with Gasteiger partial charge >= 0.3 is 6.98 Å². The topological polar surface area (TPSA) is 33.3 Å². The lowest BCUT2D eigenvalue weighted by atomic mass is 9.65. The average Bonchev–Trinajstić information content (AvgIpc) is 2.55. The summed E-state index contributed by atoms with van der Waals surface area (Å²) in [6.45, 7) is -0.0343. The van der Waals surface area contributed by atoms with Gasteiger partial charge < -0.3 is 15.2 Å². The lowest BCUT2D eigenvalue weighted by Gasteiger charge is -2.27. The van der Waals surface area contributed by atoms with E-state index in [0.717, 1.165) is 27.1 Å². The molecule has 1 aliphatic heterocycles. The average molecular weight is 353 g/mol. The van der Waals surface area contributed by atoms with Crippen molar-refractivity contribution in [2.75, 3.05) is 17.6 Å². The van der Waals surface area contributed by atoms with Gasteiger partial charge in [0.15, 0.2) is 0 Å². The van der Waals surface area contributed by atoms with Crippen molar-refractivity contribution in [1.82, 2.24) is 0 Å². The van der Waals surface area contributed by atoms with Crippen molar-refractivity contribution in [3.05, 3.63) is 59.1 Å². The zero-order valence-electron chi connectivity index (χ0n) is 12.1. The van der Waals surface area contributed by atoms with Crippen LogP contribution >= 0.6 is 15.9 Å². The van der Waals surface area contributed by atoms with Gasteiger partial charge in [-0.05, 0) is 35.7 Å². The predicted octanol–water partition coefficient (Wildman–Crippen LogP) is 3.84. The number of ether oxygens (including phenoxy) is 1. The molecule has 0 aliphatic carbocycles. The van der Waals surface area contributed by atoms with E-state index in [2.05, 4.69) is 68.9 Å². The molecule has 108 valence electrons. The minimum atomic E-state index is -0.0343. The molecular formula is C17H14BBrN2O. The smallest absolute Gasteiger partial charge is 0.409 e. The van der Waals surface area contributed by atoms with Crippen LogP contribution in [0, 0.1) is 0 Å². The molecule has 0 aromatic heterocycles. The first-order valence-electron chi connectivity index (χ1n) is 7.14. The molecule has 4 rings (SSSR count). The van der Waals surface area contributed by atoms with Crippen molar-refractivity contribution in [3.63, 3.8) is 0 Å². The summed E-state index contributed by atoms with van der Waals surface area (Å²) in [5.74, 6) is 0.861. The second-order valence-corrected chi connectivity index (χ2v) is 6.23. The van der Waals surface area contributed by atoms with Crippen LogP contribution in [0.2, 0.25) is 0 Å². The van der Waals surface area contributed by atoms with E-state index in [1.54, 1.807) is 7.11 Å². The highest BCUT2D eigenvalue weighted by Gasteiger charge is 2.28. The van der Waals surface area contributed by atoms with Gasteiger partial charge in [0.2, 0.25) is 0 Å². The Kier molecular flexibility index (Phi) is 3.23. The molecule has 1 aliphatic rings. The Labute approximate surface area is 137 Å². The molecule has 0 fully saturated rings. The molecule has 2 N–H and O–H groups in total. The van der Waals surface area contributed by atoms with Crippen molar-refractivity contribution in [1.29, 1.82) is 0 Å². The predicted molar refractivity (Wildman–Crippen MR) is 97.3 cm³/mol. The monoisotopic (exact) mass is 352 g/mol. The van der Waals surface area contributed by atoms with Crippen LogP contribution in [0.3, 0.4) is 0 Å². The molecular weight excluding hydrogens is 339 g/mol. The Morgan fingerprint density at radius 3 is 2.27 bits per heavy atom. The summed E-state index contributed by atoms with van der Waals surface area (Å²) in [6.07, 6.45) is 0. The molecule has 22 heavy (non-hydrogen) atoms. The van der Waals surface area contributed by atoms with E-state index < -0.39 is 0 Å². The van der Waals surface area contributed by atoms with Crippen LogP contribution in [0.25, 0.3) is 10.8 Å². The summed E-state index contributed by atoms with van der Waals surface area (Å²) in [7, 11) is 1.70. The Bertz CT molecular complexity index is 828. The highest BCUT2D eigenvalue weighted by atomic mass is 79.9. The highest BCUT2D eigenvalue weighted by molar-refractivity contribution is 9.10. The van der Waals surface area contributed by atoms with Gasteiger partial charge in [-0.2, -0.15) is 0 Å². The number of anilines is 2. The first kappa shape index (κ1) is 13.5. The maximum Gasteiger partial charge on any atom is 0.409 e. The molecule has 5 heteroatoms. The highest BCUT2D eigenvalue weighted by Crippen LogP contribution is 2.34. The van der Waals surface area contributed by atoms with Gasteiger partial charge in [0.1, 0.15) is 5.75 Å². The van der Waals surface area contributed by atoms with Crippen LogP contribution < -0.4 is 20.7 Å². The lowest BCUT2D eigenvalue weighted by molar-refractivity contribution is 0.418. The first-order valence-corrected chi connectivity index (χ1v) is 7.94. The maximum atomic E-state index is 5.51. The summed E-state index contributed by atoms with van der Waals surface area (Å²) in [4.78, 5) is 0. The van der Waals surface area contributed by atoms with Crippen molar-refractivity contribution in [2.45, 2.75) is 0 Å². The number of hydrogen-bond acceptors (Lipinski definition) is 3. The number of nitrogens with one attached hydrogen (secondary N) is 2. The van der Waals surface area contributed by atoms with Gasteiger partial charge in [0, 0.05) is 26.7 Å². The fourth-order valence-electron chi connectivity index (χ4n) is 3.01. The largest absolute Gasteiger partial charge is 0.497 e. The fourth-order valence-corrected chi connectivity index (χ4v) is 3.39. The number of rotatable bonds is 2. The van der Waals surface area contributed by atoms with Crippen LogP contribution in [0.5, 0.6) is 5.75 Å². The van der Waals surface area contributed by atoms with E-state index in [4.69, 9.17) is 4.74 Å². The molecule has 1 heterocycles. The molecule has 0 amide bonds. The second kappa shape index (κ2) is 5.25. The summed E-state index contributed by atoms with van der Waals surface area (Å²) < 4.78 is 6.55. The van der Waals surface area contributed by atoms with Crippen LogP contribution in [-0.4, -0.2) is 14.1 Å². The van der Waals surface area contributed by atoms with Gasteiger partial charge in [-0.1, -0.05) is 40.2 Å². The quantitative estimate of drug-likeness (QED) is 0.687. The summed E-state index contributed by atoms with van der Waals surface area (Å²) in [5, 5.41) is 9.60. The van der Waals surface area contributed by atoms with E-state index in [-0.39, 0.29) is 6.98 Å². The van der Waals surface area contributed by atoms with E-state index in [9.17, 15) is 0 Å². The van der Waals surface area contributed by atoms with E-state index in [1.165, 1.54) is 10.8 Å². The normalized spacial score (nSPS) is 12.7. The Morgan fingerprint density at radius 2 is 1.64 bits per heavy atom. The lowest BCUT2D eigenvalue weighted by Crippen LogP contribution is -2.48. The Hall–Kier alpha value is -2.14. The van der Waals surface area contributed by atoms with Crippen molar-refractivity contribution < 1.29 is 4.74 Å². The fraction of sp³-hybridized carbons (Fsp3) is 0.0588. The molecule has 0 radical (unpaired) electrons. The summed E-state index contributed by atoms with van der Waals surface area (Å²) in [5.41, 5.74) is 3.35. The van der Waals surface area contributed by atoms with Gasteiger partial charge in [-0.25, -0.2) is 0 Å². The maximum absolute atomic E-state index is 5.51. The number of halogens is 1. The van der Waals surface area contributed by atoms with Crippen LogP contribution in [0.4, 0.5) is 11.4 Å². The van der Waals surface area contributed by atoms with Crippen LogP contribution in [0.1, 0.15) is 0 Å². The summed E-state index contributed by atoms with van der Waals surface area (Å²) >= 11 is 3.54. The van der Waals surface area contributed by atoms with Crippen molar-refractivity contribution in [2.24, 2.45) is 0 Å². The number of hydrogen-bond donors (Lipinski definition) is 2. The third-order valence-corrected chi connectivity index (χ3v) is 4.50. The van der Waals surface area contributed by atoms with E-state index in [1.807, 2.05) is 12.1 Å². The van der Waals surface area contributed by atoms with Gasteiger partial charge in [0.05, 0.1) is 7.11 Å². The molecule has 3 aromatic rings. The van der Waals surface area contributed by atoms with E-state index >= 15 is 0 Å². The summed E-state index contributed by atoms with van der Waals surface area (Å²) in [6, 6.07) is 18.7. The minimum absolute atomic E-state index is 0.0343. The molecule has 3 aromatic carbocycles. The van der Waals surface area contributed by atoms with Crippen LogP contribution in [0.15, 0.2) is 59.1 Å². The van der Waals surface area contributed by atoms with Crippen molar-refractivity contribution in [3.8, 4) is 5.75 Å². The molecule has 0 bridgehead atoms. The molecule has 0 saturated heterocycles. The zero-order chi connectivity index (χ0) is 15.1. The van der Waals surface area contributed by atoms with Gasteiger partial charge in [0.25, 0.3) is 0 Å². The Balaban J connectivity index is 1.84. The zero-order valence-corrected chi connectivity index (χ0v) is 13.6. The molecule has 0 saturated carbocycles. The number of methoxy groups -OCH3 is 1. The minimum Gasteiger partial charge on any atom is -0.497 e. The van der Waals surface area contributed by atoms with Gasteiger partial charge in [-0.15, -0.1) is 0 Å².